The van der Waals surface area contributed by atoms with Crippen LogP contribution in [0.2, 0.25) is 0 Å². The highest BCUT2D eigenvalue weighted by molar-refractivity contribution is 5.97. The number of carbonyl (C=O) groups is 1. The van der Waals surface area contributed by atoms with Crippen LogP contribution >= 0.6 is 0 Å². The molecule has 0 aliphatic carbocycles. The second-order valence-electron chi connectivity index (χ2n) is 5.13. The second-order valence-corrected chi connectivity index (χ2v) is 5.13. The van der Waals surface area contributed by atoms with Gasteiger partial charge in [-0.25, -0.2) is 4.98 Å². The smallest absolute Gasteiger partial charge is 0.271 e. The number of hydrogen-bond donors (Lipinski definition) is 3. The van der Waals surface area contributed by atoms with E-state index >= 15 is 0 Å². The highest BCUT2D eigenvalue weighted by Crippen LogP contribution is 2.22. The molecule has 2 rings (SSSR count). The number of aryl methyl sites for hydroxylation is 1. The van der Waals surface area contributed by atoms with E-state index in [0.29, 0.717) is 17.4 Å². The maximum atomic E-state index is 11.4. The summed E-state index contributed by atoms with van der Waals surface area (Å²) >= 11 is 0. The third-order valence-electron chi connectivity index (χ3n) is 2.89. The van der Waals surface area contributed by atoms with Crippen molar-refractivity contribution < 1.29 is 4.79 Å². The Kier molecular flexibility index (Phi) is 4.02. The minimum absolute atomic E-state index is 0.0265. The topological polar surface area (TPSA) is 120 Å². The Labute approximate surface area is 122 Å². The number of aromatic nitrogens is 3. The van der Waals surface area contributed by atoms with E-state index in [1.165, 1.54) is 6.07 Å². The van der Waals surface area contributed by atoms with Crippen LogP contribution in [0.3, 0.4) is 0 Å². The molecule has 0 aliphatic heterocycles. The molecule has 0 aromatic carbocycles. The Bertz CT molecular complexity index is 683. The zero-order chi connectivity index (χ0) is 15.6. The van der Waals surface area contributed by atoms with E-state index in [1.54, 1.807) is 0 Å². The van der Waals surface area contributed by atoms with Gasteiger partial charge in [0.25, 0.3) is 5.91 Å². The monoisotopic (exact) mass is 286 g/mol. The van der Waals surface area contributed by atoms with Gasteiger partial charge < -0.3 is 16.8 Å². The Morgan fingerprint density at radius 2 is 1.95 bits per heavy atom. The standard InChI is InChI=1S/C14H18N6O/c1-7(2)9-4-8(3)5-12(17-9)18-10-6-11(15)19-20-13(10)14(16)21/h4-7H,1-3H3,(H2,16,21)(H3,15,17,18,19). The molecule has 0 unspecified atom stereocenters. The summed E-state index contributed by atoms with van der Waals surface area (Å²) in [5, 5.41) is 10.4. The maximum absolute atomic E-state index is 11.4. The van der Waals surface area contributed by atoms with E-state index in [2.05, 4.69) is 34.3 Å². The van der Waals surface area contributed by atoms with Crippen LogP contribution in [0.25, 0.3) is 0 Å². The predicted octanol–water partition coefficient (Wildman–Crippen LogP) is 1.73. The molecule has 7 nitrogen and oxygen atoms in total. The van der Waals surface area contributed by atoms with E-state index in [0.717, 1.165) is 11.3 Å². The van der Waals surface area contributed by atoms with Crippen molar-refractivity contribution in [1.29, 1.82) is 0 Å². The number of amides is 1. The van der Waals surface area contributed by atoms with Gasteiger partial charge in [-0.05, 0) is 30.5 Å². The third-order valence-corrected chi connectivity index (χ3v) is 2.89. The summed E-state index contributed by atoms with van der Waals surface area (Å²) < 4.78 is 0. The molecule has 0 spiro atoms. The van der Waals surface area contributed by atoms with Crippen LogP contribution < -0.4 is 16.8 Å². The molecule has 0 aliphatic rings. The SMILES string of the molecule is Cc1cc(Nc2cc(N)nnc2C(N)=O)nc(C(C)C)c1. The summed E-state index contributed by atoms with van der Waals surface area (Å²) in [4.78, 5) is 15.9. The van der Waals surface area contributed by atoms with E-state index in [9.17, 15) is 4.79 Å². The fourth-order valence-corrected chi connectivity index (χ4v) is 1.88. The van der Waals surface area contributed by atoms with Gasteiger partial charge in [-0.1, -0.05) is 13.8 Å². The summed E-state index contributed by atoms with van der Waals surface area (Å²) in [6, 6.07) is 5.39. The highest BCUT2D eigenvalue weighted by atomic mass is 16.1. The molecule has 2 aromatic rings. The number of nitrogens with one attached hydrogen (secondary N) is 1. The van der Waals surface area contributed by atoms with Crippen molar-refractivity contribution in [2.24, 2.45) is 5.73 Å². The summed E-state index contributed by atoms with van der Waals surface area (Å²) in [5.41, 5.74) is 13.3. The quantitative estimate of drug-likeness (QED) is 0.787. The molecule has 110 valence electrons. The van der Waals surface area contributed by atoms with Crippen LogP contribution in [0, 0.1) is 6.92 Å². The Morgan fingerprint density at radius 1 is 1.24 bits per heavy atom. The number of primary amides is 1. The summed E-state index contributed by atoms with van der Waals surface area (Å²) in [6.07, 6.45) is 0. The first kappa shape index (κ1) is 14.7. The third kappa shape index (κ3) is 3.44. The van der Waals surface area contributed by atoms with Crippen molar-refractivity contribution in [2.45, 2.75) is 26.7 Å². The van der Waals surface area contributed by atoms with Gasteiger partial charge in [0.15, 0.2) is 5.69 Å². The Balaban J connectivity index is 2.42. The summed E-state index contributed by atoms with van der Waals surface area (Å²) in [7, 11) is 0. The van der Waals surface area contributed by atoms with Gasteiger partial charge in [0, 0.05) is 11.8 Å². The number of pyridine rings is 1. The molecular weight excluding hydrogens is 268 g/mol. The molecule has 5 N–H and O–H groups in total. The van der Waals surface area contributed by atoms with Crippen LogP contribution in [-0.4, -0.2) is 21.1 Å². The lowest BCUT2D eigenvalue weighted by molar-refractivity contribution is 0.0995. The largest absolute Gasteiger partial charge is 0.382 e. The molecule has 2 aromatic heterocycles. The maximum Gasteiger partial charge on any atom is 0.271 e. The van der Waals surface area contributed by atoms with Crippen LogP contribution in [0.5, 0.6) is 0 Å². The van der Waals surface area contributed by atoms with Crippen molar-refractivity contribution >= 4 is 23.2 Å². The summed E-state index contributed by atoms with van der Waals surface area (Å²) in [5.74, 6) is 0.413. The van der Waals surface area contributed by atoms with Gasteiger partial charge in [0.1, 0.15) is 11.6 Å². The molecule has 0 saturated carbocycles. The van der Waals surface area contributed by atoms with Gasteiger partial charge in [-0.3, -0.25) is 4.79 Å². The van der Waals surface area contributed by atoms with Crippen LogP contribution in [-0.2, 0) is 0 Å². The molecule has 21 heavy (non-hydrogen) atoms. The highest BCUT2D eigenvalue weighted by Gasteiger charge is 2.13. The molecule has 0 atom stereocenters. The predicted molar refractivity (Wildman–Crippen MR) is 81.3 cm³/mol. The molecule has 1 amide bonds. The van der Waals surface area contributed by atoms with E-state index in [-0.39, 0.29) is 11.5 Å². The van der Waals surface area contributed by atoms with Crippen molar-refractivity contribution in [2.75, 3.05) is 11.1 Å². The zero-order valence-electron chi connectivity index (χ0n) is 12.2. The first-order valence-corrected chi connectivity index (χ1v) is 6.55. The van der Waals surface area contributed by atoms with Crippen molar-refractivity contribution in [3.05, 3.63) is 35.2 Å². The molecule has 0 radical (unpaired) electrons. The van der Waals surface area contributed by atoms with Crippen LogP contribution in [0.4, 0.5) is 17.3 Å². The van der Waals surface area contributed by atoms with Gasteiger partial charge in [-0.2, -0.15) is 0 Å². The molecule has 7 heteroatoms. The van der Waals surface area contributed by atoms with Gasteiger partial charge in [0.05, 0.1) is 5.69 Å². The number of carbonyl (C=O) groups excluding carboxylic acids is 1. The summed E-state index contributed by atoms with van der Waals surface area (Å²) in [6.45, 7) is 6.10. The minimum atomic E-state index is -0.679. The first-order chi connectivity index (χ1) is 9.86. The fourth-order valence-electron chi connectivity index (χ4n) is 1.88. The van der Waals surface area contributed by atoms with Crippen molar-refractivity contribution in [3.63, 3.8) is 0 Å². The Morgan fingerprint density at radius 3 is 2.57 bits per heavy atom. The average molecular weight is 286 g/mol. The lowest BCUT2D eigenvalue weighted by atomic mass is 10.1. The number of rotatable bonds is 4. The van der Waals surface area contributed by atoms with Gasteiger partial charge >= 0.3 is 0 Å². The first-order valence-electron chi connectivity index (χ1n) is 6.55. The van der Waals surface area contributed by atoms with Crippen molar-refractivity contribution in [3.8, 4) is 0 Å². The molecular formula is C14H18N6O. The zero-order valence-corrected chi connectivity index (χ0v) is 12.2. The molecule has 0 fully saturated rings. The minimum Gasteiger partial charge on any atom is -0.382 e. The molecule has 2 heterocycles. The molecule has 0 saturated heterocycles. The Hall–Kier alpha value is -2.70. The molecule has 0 bridgehead atoms. The number of nitrogens with zero attached hydrogens (tertiary/aromatic N) is 3. The van der Waals surface area contributed by atoms with Gasteiger partial charge in [0.2, 0.25) is 0 Å². The fraction of sp³-hybridized carbons (Fsp3) is 0.286. The van der Waals surface area contributed by atoms with E-state index in [1.807, 2.05) is 19.1 Å². The number of anilines is 3. The van der Waals surface area contributed by atoms with Crippen LogP contribution in [0.15, 0.2) is 18.2 Å². The average Bonchev–Trinajstić information content (AvgIpc) is 2.37. The lowest BCUT2D eigenvalue weighted by Gasteiger charge is -2.12. The number of hydrogen-bond acceptors (Lipinski definition) is 6. The van der Waals surface area contributed by atoms with E-state index < -0.39 is 5.91 Å². The lowest BCUT2D eigenvalue weighted by Crippen LogP contribution is -2.17. The van der Waals surface area contributed by atoms with E-state index in [4.69, 9.17) is 11.5 Å². The van der Waals surface area contributed by atoms with Gasteiger partial charge in [-0.15, -0.1) is 10.2 Å². The normalized spacial score (nSPS) is 10.7. The second kappa shape index (κ2) is 5.74. The van der Waals surface area contributed by atoms with Crippen LogP contribution in [0.1, 0.15) is 41.5 Å². The number of nitrogens with two attached hydrogens (primary N) is 2. The number of nitrogen functional groups attached to an aromatic ring is 1. The van der Waals surface area contributed by atoms with Crippen molar-refractivity contribution in [1.82, 2.24) is 15.2 Å².